The number of carbonyl (C=O) groups excluding carboxylic acids is 1. The molecule has 9 heteroatoms. The first-order valence-corrected chi connectivity index (χ1v) is 11.3. The topological polar surface area (TPSA) is 70.4 Å². The van der Waals surface area contributed by atoms with Crippen LogP contribution in [0.3, 0.4) is 0 Å². The smallest absolute Gasteiger partial charge is 0.392 e. The van der Waals surface area contributed by atoms with E-state index in [1.807, 2.05) is 16.7 Å². The molecule has 0 bridgehead atoms. The van der Waals surface area contributed by atoms with Gasteiger partial charge < -0.3 is 9.67 Å². The molecule has 34 heavy (non-hydrogen) atoms. The van der Waals surface area contributed by atoms with Gasteiger partial charge in [-0.15, -0.1) is 0 Å². The van der Waals surface area contributed by atoms with Crippen molar-refractivity contribution in [1.29, 1.82) is 0 Å². The number of imidazole rings is 1. The highest BCUT2D eigenvalue weighted by Crippen LogP contribution is 2.34. The summed E-state index contributed by atoms with van der Waals surface area (Å²) in [4.78, 5) is 20.0. The van der Waals surface area contributed by atoms with E-state index in [1.54, 1.807) is 6.07 Å². The summed E-state index contributed by atoms with van der Waals surface area (Å²) in [6, 6.07) is 9.80. The van der Waals surface area contributed by atoms with E-state index in [0.29, 0.717) is 11.1 Å². The quantitative estimate of drug-likeness (QED) is 0.543. The molecule has 1 aliphatic rings. The molecule has 0 radical (unpaired) electrons. The fourth-order valence-corrected chi connectivity index (χ4v) is 4.49. The first kappa shape index (κ1) is 24.2. The van der Waals surface area contributed by atoms with E-state index in [9.17, 15) is 23.1 Å². The molecule has 0 spiro atoms. The Kier molecular flexibility index (Phi) is 6.44. The number of nitrogens with one attached hydrogen (secondary N) is 1. The molecule has 1 aromatic heterocycles. The Morgan fingerprint density at radius 2 is 1.94 bits per heavy atom. The number of carbonyl (C=O) groups is 1. The zero-order valence-electron chi connectivity index (χ0n) is 19.5. The number of halogens is 3. The summed E-state index contributed by atoms with van der Waals surface area (Å²) in [7, 11) is 0. The predicted octanol–water partition coefficient (Wildman–Crippen LogP) is 5.24. The molecule has 0 aliphatic carbocycles. The molecule has 6 nitrogen and oxygen atoms in total. The third-order valence-electron chi connectivity index (χ3n) is 6.32. The second kappa shape index (κ2) is 9.03. The van der Waals surface area contributed by atoms with Crippen LogP contribution in [0.1, 0.15) is 61.1 Å². The van der Waals surface area contributed by atoms with Gasteiger partial charge in [-0.3, -0.25) is 15.0 Å². The summed E-state index contributed by atoms with van der Waals surface area (Å²) >= 11 is 0. The minimum Gasteiger partial charge on any atom is -0.392 e. The van der Waals surface area contributed by atoms with Crippen molar-refractivity contribution in [3.05, 3.63) is 59.2 Å². The Morgan fingerprint density at radius 1 is 1.18 bits per heavy atom. The maximum atomic E-state index is 13.1. The minimum absolute atomic E-state index is 0.0229. The lowest BCUT2D eigenvalue weighted by Crippen LogP contribution is -2.47. The van der Waals surface area contributed by atoms with Crippen LogP contribution in [0.5, 0.6) is 0 Å². The maximum Gasteiger partial charge on any atom is 0.416 e. The molecule has 0 saturated carbocycles. The SMILES string of the molecule is CC(C)(C)N1CCC[C@@H](n2c(NC(=O)c3cccc(C(F)(F)F)c3)nc3cc(CO)ccc32)C1. The number of likely N-dealkylation sites (tertiary alicyclic amines) is 1. The van der Waals surface area contributed by atoms with E-state index in [-0.39, 0.29) is 29.7 Å². The number of anilines is 1. The number of fused-ring (bicyclic) bond motifs is 1. The monoisotopic (exact) mass is 474 g/mol. The van der Waals surface area contributed by atoms with Gasteiger partial charge >= 0.3 is 6.18 Å². The van der Waals surface area contributed by atoms with Crippen molar-refractivity contribution in [2.75, 3.05) is 18.4 Å². The predicted molar refractivity (Wildman–Crippen MR) is 125 cm³/mol. The van der Waals surface area contributed by atoms with Crippen molar-refractivity contribution in [2.45, 2.75) is 58.0 Å². The number of piperidine rings is 1. The Hall–Kier alpha value is -2.91. The standard InChI is InChI=1S/C25H29F3N4O2/c1-24(2,3)31-11-5-8-19(14-31)32-21-10-9-16(15-33)12-20(21)29-23(32)30-22(34)17-6-4-7-18(13-17)25(26,27)28/h4,6-7,9-10,12-13,19,33H,5,8,11,14-15H2,1-3H3,(H,29,30,34)/t19-/m1/s1. The van der Waals surface area contributed by atoms with Gasteiger partial charge in [0.25, 0.3) is 5.91 Å². The number of hydrogen-bond donors (Lipinski definition) is 2. The van der Waals surface area contributed by atoms with Crippen LogP contribution >= 0.6 is 0 Å². The molecular formula is C25H29F3N4O2. The third kappa shape index (κ3) is 4.95. The van der Waals surface area contributed by atoms with Crippen LogP contribution in [-0.4, -0.2) is 44.1 Å². The summed E-state index contributed by atoms with van der Waals surface area (Å²) in [6.07, 6.45) is -2.69. The van der Waals surface area contributed by atoms with Gasteiger partial charge in [0.05, 0.1) is 23.2 Å². The molecule has 2 heterocycles. The summed E-state index contributed by atoms with van der Waals surface area (Å²) in [6.45, 7) is 8.05. The maximum absolute atomic E-state index is 13.1. The summed E-state index contributed by atoms with van der Waals surface area (Å²) in [5.41, 5.74) is 1.10. The number of aromatic nitrogens is 2. The average Bonchev–Trinajstić information content (AvgIpc) is 3.14. The van der Waals surface area contributed by atoms with Gasteiger partial charge in [0.15, 0.2) is 0 Å². The van der Waals surface area contributed by atoms with Crippen molar-refractivity contribution in [3.8, 4) is 0 Å². The van der Waals surface area contributed by atoms with E-state index >= 15 is 0 Å². The number of aliphatic hydroxyl groups is 1. The zero-order chi connectivity index (χ0) is 24.7. The molecule has 1 aliphatic heterocycles. The second-order valence-corrected chi connectivity index (χ2v) is 9.73. The normalized spacial score (nSPS) is 17.8. The second-order valence-electron chi connectivity index (χ2n) is 9.73. The fraction of sp³-hybridized carbons (Fsp3) is 0.440. The van der Waals surface area contributed by atoms with Gasteiger partial charge in [-0.25, -0.2) is 4.98 Å². The molecule has 1 fully saturated rings. The number of benzene rings is 2. The minimum atomic E-state index is -4.54. The number of rotatable bonds is 4. The summed E-state index contributed by atoms with van der Waals surface area (Å²) in [5, 5.41) is 12.3. The van der Waals surface area contributed by atoms with E-state index < -0.39 is 17.6 Å². The van der Waals surface area contributed by atoms with Crippen LogP contribution in [0.15, 0.2) is 42.5 Å². The number of alkyl halides is 3. The number of amides is 1. The fourth-order valence-electron chi connectivity index (χ4n) is 4.49. The molecule has 2 aromatic carbocycles. The molecule has 182 valence electrons. The Labute approximate surface area is 196 Å². The first-order chi connectivity index (χ1) is 16.0. The third-order valence-corrected chi connectivity index (χ3v) is 6.32. The van der Waals surface area contributed by atoms with Crippen molar-refractivity contribution < 1.29 is 23.1 Å². The molecule has 1 amide bonds. The lowest BCUT2D eigenvalue weighted by molar-refractivity contribution is -0.137. The van der Waals surface area contributed by atoms with E-state index in [4.69, 9.17) is 0 Å². The van der Waals surface area contributed by atoms with Crippen molar-refractivity contribution >= 4 is 22.9 Å². The highest BCUT2D eigenvalue weighted by Gasteiger charge is 2.32. The van der Waals surface area contributed by atoms with Gasteiger partial charge in [-0.1, -0.05) is 12.1 Å². The largest absolute Gasteiger partial charge is 0.416 e. The molecule has 1 saturated heterocycles. The van der Waals surface area contributed by atoms with Crippen LogP contribution in [0.2, 0.25) is 0 Å². The van der Waals surface area contributed by atoms with E-state index in [0.717, 1.165) is 43.6 Å². The lowest BCUT2D eigenvalue weighted by atomic mass is 9.98. The summed E-state index contributed by atoms with van der Waals surface area (Å²) in [5.74, 6) is -0.373. The van der Waals surface area contributed by atoms with Gasteiger partial charge in [0, 0.05) is 23.7 Å². The number of nitrogens with zero attached hydrogens (tertiary/aromatic N) is 3. The molecule has 3 aromatic rings. The van der Waals surface area contributed by atoms with Crippen LogP contribution in [0.25, 0.3) is 11.0 Å². The summed E-state index contributed by atoms with van der Waals surface area (Å²) < 4.78 is 41.4. The van der Waals surface area contributed by atoms with Gasteiger partial charge in [-0.05, 0) is 76.1 Å². The van der Waals surface area contributed by atoms with Gasteiger partial charge in [-0.2, -0.15) is 13.2 Å². The van der Waals surface area contributed by atoms with Crippen molar-refractivity contribution in [2.24, 2.45) is 0 Å². The lowest BCUT2D eigenvalue weighted by Gasteiger charge is -2.42. The zero-order valence-corrected chi connectivity index (χ0v) is 19.5. The van der Waals surface area contributed by atoms with E-state index in [1.165, 1.54) is 12.1 Å². The first-order valence-electron chi connectivity index (χ1n) is 11.3. The van der Waals surface area contributed by atoms with Crippen molar-refractivity contribution in [1.82, 2.24) is 14.5 Å². The number of hydrogen-bond acceptors (Lipinski definition) is 4. The van der Waals surface area contributed by atoms with Gasteiger partial charge in [0.2, 0.25) is 5.95 Å². The van der Waals surface area contributed by atoms with Crippen LogP contribution in [0, 0.1) is 0 Å². The van der Waals surface area contributed by atoms with E-state index in [2.05, 4.69) is 36.0 Å². The Bertz CT molecular complexity index is 1200. The van der Waals surface area contributed by atoms with Crippen LogP contribution < -0.4 is 5.32 Å². The van der Waals surface area contributed by atoms with Crippen LogP contribution in [0.4, 0.5) is 19.1 Å². The Morgan fingerprint density at radius 3 is 2.62 bits per heavy atom. The molecule has 2 N–H and O–H groups in total. The molecule has 0 unspecified atom stereocenters. The van der Waals surface area contributed by atoms with Gasteiger partial charge in [0.1, 0.15) is 0 Å². The Balaban J connectivity index is 1.73. The van der Waals surface area contributed by atoms with Crippen LogP contribution in [-0.2, 0) is 12.8 Å². The molecule has 1 atom stereocenters. The number of aliphatic hydroxyl groups excluding tert-OH is 1. The highest BCUT2D eigenvalue weighted by atomic mass is 19.4. The molecular weight excluding hydrogens is 445 g/mol. The average molecular weight is 475 g/mol. The van der Waals surface area contributed by atoms with Crippen molar-refractivity contribution in [3.63, 3.8) is 0 Å². The molecule has 4 rings (SSSR count). The highest BCUT2D eigenvalue weighted by molar-refractivity contribution is 6.04.